The predicted octanol–water partition coefficient (Wildman–Crippen LogP) is 2.43. The third-order valence-corrected chi connectivity index (χ3v) is 3.31. The minimum atomic E-state index is -1.20. The number of aromatic nitrogens is 1. The summed E-state index contributed by atoms with van der Waals surface area (Å²) in [7, 11) is 0. The average molecular weight is 298 g/mol. The van der Waals surface area contributed by atoms with Crippen LogP contribution in [0, 0.1) is 0 Å². The summed E-state index contributed by atoms with van der Waals surface area (Å²) in [6, 6.07) is 12.6. The Hall–Kier alpha value is -3.02. The lowest BCUT2D eigenvalue weighted by atomic mass is 10.2. The van der Waals surface area contributed by atoms with Crippen molar-refractivity contribution < 1.29 is 19.1 Å². The van der Waals surface area contributed by atoms with Gasteiger partial charge in [0.1, 0.15) is 0 Å². The highest BCUT2D eigenvalue weighted by molar-refractivity contribution is 5.93. The number of nitrogens with one attached hydrogen (secondary N) is 2. The zero-order valence-corrected chi connectivity index (χ0v) is 11.6. The Bertz CT molecular complexity index is 798. The molecule has 0 saturated carbocycles. The summed E-state index contributed by atoms with van der Waals surface area (Å²) in [6.07, 6.45) is 0.646. The van der Waals surface area contributed by atoms with Crippen LogP contribution in [-0.4, -0.2) is 28.5 Å². The molecule has 0 saturated heterocycles. The zero-order chi connectivity index (χ0) is 15.5. The van der Waals surface area contributed by atoms with Gasteiger partial charge in [-0.15, -0.1) is 0 Å². The maximum absolute atomic E-state index is 11.8. The van der Waals surface area contributed by atoms with Gasteiger partial charge >= 0.3 is 5.97 Å². The van der Waals surface area contributed by atoms with Crippen molar-refractivity contribution in [2.75, 3.05) is 6.54 Å². The maximum atomic E-state index is 11.8. The number of rotatable bonds is 5. The van der Waals surface area contributed by atoms with E-state index >= 15 is 0 Å². The van der Waals surface area contributed by atoms with Gasteiger partial charge in [-0.05, 0) is 29.7 Å². The number of carbonyl (C=O) groups excluding carboxylic acids is 1. The molecule has 0 aliphatic heterocycles. The van der Waals surface area contributed by atoms with Gasteiger partial charge in [0.2, 0.25) is 5.76 Å². The van der Waals surface area contributed by atoms with E-state index in [9.17, 15) is 9.59 Å². The quantitative estimate of drug-likeness (QED) is 0.674. The lowest BCUT2D eigenvalue weighted by Gasteiger charge is -2.01. The van der Waals surface area contributed by atoms with Gasteiger partial charge in [-0.1, -0.05) is 18.2 Å². The monoisotopic (exact) mass is 298 g/mol. The molecule has 1 aromatic carbocycles. The number of furan rings is 1. The fourth-order valence-corrected chi connectivity index (χ4v) is 2.24. The fraction of sp³-hybridized carbons (Fsp3) is 0.125. The lowest BCUT2D eigenvalue weighted by molar-refractivity contribution is 0.0659. The SMILES string of the molecule is O=C(O)c1ccc(C(=O)NCCc2cc3ccccc3[nH]2)o1. The molecule has 112 valence electrons. The van der Waals surface area contributed by atoms with Crippen molar-refractivity contribution in [1.82, 2.24) is 10.3 Å². The summed E-state index contributed by atoms with van der Waals surface area (Å²) >= 11 is 0. The summed E-state index contributed by atoms with van der Waals surface area (Å²) in [5.41, 5.74) is 2.08. The van der Waals surface area contributed by atoms with Crippen LogP contribution in [0.5, 0.6) is 0 Å². The lowest BCUT2D eigenvalue weighted by Crippen LogP contribution is -2.25. The van der Waals surface area contributed by atoms with E-state index < -0.39 is 11.9 Å². The number of carboxylic acid groups (broad SMARTS) is 1. The van der Waals surface area contributed by atoms with E-state index in [0.29, 0.717) is 13.0 Å². The van der Waals surface area contributed by atoms with Crippen LogP contribution in [0.15, 0.2) is 46.9 Å². The number of carboxylic acids is 1. The van der Waals surface area contributed by atoms with Crippen LogP contribution < -0.4 is 5.32 Å². The molecular weight excluding hydrogens is 284 g/mol. The smallest absolute Gasteiger partial charge is 0.371 e. The van der Waals surface area contributed by atoms with E-state index in [2.05, 4.69) is 10.3 Å². The van der Waals surface area contributed by atoms with Crippen molar-refractivity contribution in [3.05, 3.63) is 59.7 Å². The number of amides is 1. The Morgan fingerprint density at radius 3 is 2.64 bits per heavy atom. The highest BCUT2D eigenvalue weighted by Gasteiger charge is 2.14. The Balaban J connectivity index is 1.57. The van der Waals surface area contributed by atoms with Crippen molar-refractivity contribution in [2.24, 2.45) is 0 Å². The van der Waals surface area contributed by atoms with Crippen molar-refractivity contribution >= 4 is 22.8 Å². The second kappa shape index (κ2) is 5.77. The summed E-state index contributed by atoms with van der Waals surface area (Å²) in [5, 5.41) is 12.6. The van der Waals surface area contributed by atoms with E-state index in [4.69, 9.17) is 9.52 Å². The molecule has 2 aromatic heterocycles. The Kier molecular flexibility index (Phi) is 3.65. The standard InChI is InChI=1S/C16H14N2O4/c19-15(13-5-6-14(22-13)16(20)21)17-8-7-11-9-10-3-1-2-4-12(10)18-11/h1-6,9,18H,7-8H2,(H,17,19)(H,20,21). The van der Waals surface area contributed by atoms with Crippen molar-refractivity contribution in [3.63, 3.8) is 0 Å². The molecule has 0 aliphatic rings. The van der Waals surface area contributed by atoms with Crippen LogP contribution in [-0.2, 0) is 6.42 Å². The van der Waals surface area contributed by atoms with Gasteiger partial charge in [0, 0.05) is 24.2 Å². The molecule has 0 radical (unpaired) electrons. The van der Waals surface area contributed by atoms with E-state index in [1.807, 2.05) is 30.3 Å². The van der Waals surface area contributed by atoms with Crippen LogP contribution in [0.4, 0.5) is 0 Å². The molecule has 6 heteroatoms. The topological polar surface area (TPSA) is 95.3 Å². The van der Waals surface area contributed by atoms with Gasteiger partial charge in [-0.3, -0.25) is 4.79 Å². The Morgan fingerprint density at radius 2 is 1.91 bits per heavy atom. The molecule has 6 nitrogen and oxygen atoms in total. The van der Waals surface area contributed by atoms with Crippen molar-refractivity contribution in [2.45, 2.75) is 6.42 Å². The van der Waals surface area contributed by atoms with Gasteiger partial charge in [0.05, 0.1) is 0 Å². The first-order chi connectivity index (χ1) is 10.6. The molecule has 0 bridgehead atoms. The zero-order valence-electron chi connectivity index (χ0n) is 11.6. The van der Waals surface area contributed by atoms with E-state index in [0.717, 1.165) is 16.6 Å². The molecule has 2 heterocycles. The molecular formula is C16H14N2O4. The normalized spacial score (nSPS) is 10.7. The number of benzene rings is 1. The summed E-state index contributed by atoms with van der Waals surface area (Å²) in [5.74, 6) is -1.88. The number of para-hydroxylation sites is 1. The van der Waals surface area contributed by atoms with Gasteiger partial charge < -0.3 is 19.8 Å². The number of fused-ring (bicyclic) bond motifs is 1. The first-order valence-electron chi connectivity index (χ1n) is 6.81. The Labute approximate surface area is 125 Å². The fourth-order valence-electron chi connectivity index (χ4n) is 2.24. The minimum Gasteiger partial charge on any atom is -0.475 e. The minimum absolute atomic E-state index is 0.00551. The van der Waals surface area contributed by atoms with Crippen LogP contribution in [0.3, 0.4) is 0 Å². The van der Waals surface area contributed by atoms with Crippen molar-refractivity contribution in [1.29, 1.82) is 0 Å². The van der Waals surface area contributed by atoms with Gasteiger partial charge in [0.25, 0.3) is 5.91 Å². The average Bonchev–Trinajstić information content (AvgIpc) is 3.13. The third-order valence-electron chi connectivity index (χ3n) is 3.31. The number of H-pyrrole nitrogens is 1. The number of hydrogen-bond acceptors (Lipinski definition) is 3. The van der Waals surface area contributed by atoms with Gasteiger partial charge in [0.15, 0.2) is 5.76 Å². The first-order valence-corrected chi connectivity index (χ1v) is 6.81. The molecule has 3 aromatic rings. The van der Waals surface area contributed by atoms with Crippen LogP contribution >= 0.6 is 0 Å². The largest absolute Gasteiger partial charge is 0.475 e. The molecule has 3 rings (SSSR count). The molecule has 0 fully saturated rings. The maximum Gasteiger partial charge on any atom is 0.371 e. The number of aromatic amines is 1. The summed E-state index contributed by atoms with van der Waals surface area (Å²) in [4.78, 5) is 25.8. The van der Waals surface area contributed by atoms with E-state index in [1.54, 1.807) is 0 Å². The highest BCUT2D eigenvalue weighted by atomic mass is 16.4. The predicted molar refractivity (Wildman–Crippen MR) is 80.0 cm³/mol. The molecule has 0 spiro atoms. The van der Waals surface area contributed by atoms with Crippen LogP contribution in [0.2, 0.25) is 0 Å². The summed E-state index contributed by atoms with van der Waals surface area (Å²) in [6.45, 7) is 0.425. The second-order valence-electron chi connectivity index (χ2n) is 4.86. The number of aromatic carboxylic acids is 1. The second-order valence-corrected chi connectivity index (χ2v) is 4.86. The molecule has 1 amide bonds. The van der Waals surface area contributed by atoms with Gasteiger partial charge in [-0.2, -0.15) is 0 Å². The third kappa shape index (κ3) is 2.85. The van der Waals surface area contributed by atoms with Crippen molar-refractivity contribution in [3.8, 4) is 0 Å². The van der Waals surface area contributed by atoms with Crippen LogP contribution in [0.1, 0.15) is 26.8 Å². The van der Waals surface area contributed by atoms with Gasteiger partial charge in [-0.25, -0.2) is 4.79 Å². The number of carbonyl (C=O) groups is 2. The molecule has 0 atom stereocenters. The molecule has 0 unspecified atom stereocenters. The molecule has 0 aliphatic carbocycles. The highest BCUT2D eigenvalue weighted by Crippen LogP contribution is 2.14. The Morgan fingerprint density at radius 1 is 1.14 bits per heavy atom. The van der Waals surface area contributed by atoms with E-state index in [1.165, 1.54) is 12.1 Å². The van der Waals surface area contributed by atoms with E-state index in [-0.39, 0.29) is 11.5 Å². The molecule has 3 N–H and O–H groups in total. The molecule has 22 heavy (non-hydrogen) atoms. The number of hydrogen-bond donors (Lipinski definition) is 3. The summed E-state index contributed by atoms with van der Waals surface area (Å²) < 4.78 is 4.94. The van der Waals surface area contributed by atoms with Crippen LogP contribution in [0.25, 0.3) is 10.9 Å². The first kappa shape index (κ1) is 13.9.